The van der Waals surface area contributed by atoms with Gasteiger partial charge in [0.15, 0.2) is 0 Å². The summed E-state index contributed by atoms with van der Waals surface area (Å²) in [6.07, 6.45) is -9.84. The Morgan fingerprint density at radius 1 is 0.429 bits per heavy atom. The maximum atomic E-state index is 8.97. The van der Waals surface area contributed by atoms with Gasteiger partial charge in [0.2, 0.25) is 0 Å². The van der Waals surface area contributed by atoms with Crippen LogP contribution in [0.25, 0.3) is 0 Å². The molecule has 6 nitrogen and oxygen atoms in total. The summed E-state index contributed by atoms with van der Waals surface area (Å²) in [5.74, 6) is 0. The molecule has 0 amide bonds. The Hall–Kier alpha value is 0.569. The van der Waals surface area contributed by atoms with Crippen molar-refractivity contribution >= 4 is 12.4 Å². The summed E-state index contributed by atoms with van der Waals surface area (Å²) in [5, 5.41) is 53.8. The molecule has 14 heavy (non-hydrogen) atoms. The van der Waals surface area contributed by atoms with Crippen molar-refractivity contribution in [3.05, 3.63) is 0 Å². The summed E-state index contributed by atoms with van der Waals surface area (Å²) in [7, 11) is 0. The fourth-order valence-corrected chi connectivity index (χ4v) is 1.21. The van der Waals surface area contributed by atoms with E-state index in [0.29, 0.717) is 0 Å². The van der Waals surface area contributed by atoms with Crippen molar-refractivity contribution in [3.8, 4) is 0 Å². The maximum Gasteiger partial charge on any atom is 0.111 e. The zero-order valence-corrected chi connectivity index (χ0v) is 8.83. The van der Waals surface area contributed by atoms with E-state index >= 15 is 0 Å². The van der Waals surface area contributed by atoms with Gasteiger partial charge in [-0.2, -0.15) is 0 Å². The maximum absolute atomic E-state index is 8.97. The van der Waals surface area contributed by atoms with E-state index in [9.17, 15) is 0 Å². The van der Waals surface area contributed by atoms with E-state index in [1.807, 2.05) is 0 Å². The molecule has 0 heterocycles. The average molecular weight is 272 g/mol. The fourth-order valence-electron chi connectivity index (χ4n) is 1.21. The molecule has 0 aromatic rings. The molecule has 1 rings (SSSR count). The van der Waals surface area contributed by atoms with Crippen LogP contribution in [0.15, 0.2) is 0 Å². The first-order valence-corrected chi connectivity index (χ1v) is 3.55. The Balaban J connectivity index is 0. The van der Waals surface area contributed by atoms with Crippen LogP contribution in [0, 0.1) is 0 Å². The van der Waals surface area contributed by atoms with Gasteiger partial charge >= 0.3 is 0 Å². The molecule has 1 aliphatic rings. The van der Waals surface area contributed by atoms with Gasteiger partial charge in [-0.15, -0.1) is 12.4 Å². The summed E-state index contributed by atoms with van der Waals surface area (Å²) in [6.45, 7) is 0. The molecule has 6 N–H and O–H groups in total. The zero-order valence-electron chi connectivity index (χ0n) is 6.91. The van der Waals surface area contributed by atoms with Gasteiger partial charge in [0.25, 0.3) is 0 Å². The number of halogens is 1. The minimum absolute atomic E-state index is 0. The normalized spacial score (nSPS) is 47.6. The summed E-state index contributed by atoms with van der Waals surface area (Å²) in [4.78, 5) is 0. The van der Waals surface area contributed by atoms with Crippen molar-refractivity contribution in [2.75, 3.05) is 0 Å². The molecule has 0 radical (unpaired) electrons. The molecule has 88 valence electrons. The Morgan fingerprint density at radius 2 is 0.500 bits per heavy atom. The van der Waals surface area contributed by atoms with Gasteiger partial charge in [-0.1, -0.05) is 0 Å². The third-order valence-corrected chi connectivity index (χ3v) is 2.10. The van der Waals surface area contributed by atoms with Crippen LogP contribution in [-0.4, -0.2) is 67.3 Å². The minimum Gasteiger partial charge on any atom is -0.387 e. The summed E-state index contributed by atoms with van der Waals surface area (Å²) < 4.78 is 0. The molecular formula is C6H13ClFeO6. The topological polar surface area (TPSA) is 121 Å². The van der Waals surface area contributed by atoms with Gasteiger partial charge in [-0.3, -0.25) is 0 Å². The number of hydrogen-bond donors (Lipinski definition) is 6. The van der Waals surface area contributed by atoms with Crippen LogP contribution in [-0.2, 0) is 17.1 Å². The molecule has 0 saturated heterocycles. The Morgan fingerprint density at radius 3 is 0.571 bits per heavy atom. The monoisotopic (exact) mass is 272 g/mol. The van der Waals surface area contributed by atoms with E-state index in [1.54, 1.807) is 0 Å². The predicted octanol–water partition coefficient (Wildman–Crippen LogP) is -3.42. The molecule has 1 fully saturated rings. The van der Waals surface area contributed by atoms with E-state index in [-0.39, 0.29) is 29.5 Å². The van der Waals surface area contributed by atoms with Crippen molar-refractivity contribution in [1.82, 2.24) is 0 Å². The van der Waals surface area contributed by atoms with E-state index in [0.717, 1.165) is 0 Å². The first-order valence-electron chi connectivity index (χ1n) is 3.55. The molecule has 0 aromatic heterocycles. The molecule has 0 atom stereocenters. The molecule has 0 bridgehead atoms. The van der Waals surface area contributed by atoms with E-state index in [4.69, 9.17) is 30.6 Å². The standard InChI is InChI=1S/C6H12O6.ClH.Fe/c7-1-2(8)4(10)6(12)5(11)3(1)9;;/h1-12H;1H;/t1-,2-,3-,4+,5-,6-;;. The third-order valence-electron chi connectivity index (χ3n) is 2.10. The zero-order chi connectivity index (χ0) is 9.46. The van der Waals surface area contributed by atoms with Crippen LogP contribution in [0.4, 0.5) is 0 Å². The third kappa shape index (κ3) is 2.79. The Kier molecular flexibility index (Phi) is 7.54. The molecule has 0 spiro atoms. The van der Waals surface area contributed by atoms with Gasteiger partial charge in [-0.25, -0.2) is 0 Å². The van der Waals surface area contributed by atoms with Crippen LogP contribution in [0.5, 0.6) is 0 Å². The first-order chi connectivity index (χ1) is 5.46. The van der Waals surface area contributed by atoms with Gasteiger partial charge in [0, 0.05) is 17.1 Å². The van der Waals surface area contributed by atoms with E-state index in [2.05, 4.69) is 0 Å². The van der Waals surface area contributed by atoms with Gasteiger partial charge in [0.1, 0.15) is 36.6 Å². The smallest absolute Gasteiger partial charge is 0.111 e. The molecule has 1 aliphatic carbocycles. The summed E-state index contributed by atoms with van der Waals surface area (Å²) in [6, 6.07) is 0. The van der Waals surface area contributed by atoms with Crippen LogP contribution >= 0.6 is 12.4 Å². The number of aliphatic hydroxyl groups is 6. The largest absolute Gasteiger partial charge is 0.387 e. The number of rotatable bonds is 0. The minimum atomic E-state index is -1.64. The Bertz CT molecular complexity index is 114. The predicted molar refractivity (Wildman–Crippen MR) is 43.3 cm³/mol. The van der Waals surface area contributed by atoms with Gasteiger partial charge in [0.05, 0.1) is 0 Å². The Labute approximate surface area is 97.1 Å². The first kappa shape index (κ1) is 17.0. The van der Waals surface area contributed by atoms with Crippen LogP contribution in [0.1, 0.15) is 0 Å². The SMILES string of the molecule is Cl.O[C@H]1[C@H](O)[C@@H](O)[C@H](O)[C@@H](O)[C@H]1O.[Fe]. The summed E-state index contributed by atoms with van der Waals surface area (Å²) >= 11 is 0. The molecule has 0 aliphatic heterocycles. The van der Waals surface area contributed by atoms with Crippen molar-refractivity contribution < 1.29 is 47.7 Å². The van der Waals surface area contributed by atoms with E-state index < -0.39 is 36.6 Å². The molecular weight excluding hydrogens is 259 g/mol. The van der Waals surface area contributed by atoms with Crippen molar-refractivity contribution in [3.63, 3.8) is 0 Å². The van der Waals surface area contributed by atoms with Crippen LogP contribution in [0.3, 0.4) is 0 Å². The second-order valence-corrected chi connectivity index (χ2v) is 2.94. The second-order valence-electron chi connectivity index (χ2n) is 2.94. The quantitative estimate of drug-likeness (QED) is 0.256. The number of hydrogen-bond acceptors (Lipinski definition) is 6. The molecule has 0 unspecified atom stereocenters. The average Bonchev–Trinajstić information content (AvgIpc) is 2.08. The van der Waals surface area contributed by atoms with Gasteiger partial charge < -0.3 is 30.6 Å². The van der Waals surface area contributed by atoms with Crippen molar-refractivity contribution in [2.24, 2.45) is 0 Å². The second kappa shape index (κ2) is 6.22. The van der Waals surface area contributed by atoms with Crippen molar-refractivity contribution in [1.29, 1.82) is 0 Å². The molecule has 1 saturated carbocycles. The number of aliphatic hydroxyl groups excluding tert-OH is 6. The summed E-state index contributed by atoms with van der Waals surface area (Å²) in [5.41, 5.74) is 0. The van der Waals surface area contributed by atoms with Crippen LogP contribution in [0.2, 0.25) is 0 Å². The molecule has 0 aromatic carbocycles. The van der Waals surface area contributed by atoms with E-state index in [1.165, 1.54) is 0 Å². The van der Waals surface area contributed by atoms with Crippen LogP contribution < -0.4 is 0 Å². The van der Waals surface area contributed by atoms with Gasteiger partial charge in [-0.05, 0) is 0 Å². The fraction of sp³-hybridized carbons (Fsp3) is 1.00. The molecule has 8 heteroatoms. The van der Waals surface area contributed by atoms with Crippen molar-refractivity contribution in [2.45, 2.75) is 36.6 Å².